The maximum atomic E-state index is 4.25. The topological polar surface area (TPSA) is 0 Å². The van der Waals surface area contributed by atoms with Gasteiger partial charge in [-0.2, -0.15) is 0 Å². The largest absolute Gasteiger partial charge is 0.0984 e. The first kappa shape index (κ1) is 37.0. The van der Waals surface area contributed by atoms with Gasteiger partial charge in [0.2, 0.25) is 0 Å². The Balaban J connectivity index is 1.20. The van der Waals surface area contributed by atoms with Gasteiger partial charge in [0.25, 0.3) is 0 Å². The summed E-state index contributed by atoms with van der Waals surface area (Å²) in [5.74, 6) is 0. The Morgan fingerprint density at radius 2 is 0.683 bits per heavy atom. The average molecular weight is 801 g/mol. The predicted molar refractivity (Wildman–Crippen MR) is 273 cm³/mol. The van der Waals surface area contributed by atoms with E-state index in [-0.39, 0.29) is 5.41 Å². The molecule has 0 heteroatoms. The van der Waals surface area contributed by atoms with Crippen molar-refractivity contribution in [1.29, 1.82) is 0 Å². The fraction of sp³-hybridized carbons (Fsp3) is 0.0476. The summed E-state index contributed by atoms with van der Waals surface area (Å²) >= 11 is 0. The quantitative estimate of drug-likeness (QED) is 0.147. The minimum atomic E-state index is -0.143. The molecule has 0 fully saturated rings. The van der Waals surface area contributed by atoms with Crippen LogP contribution in [-0.4, -0.2) is 0 Å². The molecule has 0 amide bonds. The molecule has 0 saturated heterocycles. The van der Waals surface area contributed by atoms with E-state index in [9.17, 15) is 0 Å². The third kappa shape index (κ3) is 5.28. The van der Waals surface area contributed by atoms with Crippen LogP contribution < -0.4 is 0 Å². The Bertz CT molecular complexity index is 3630. The van der Waals surface area contributed by atoms with Gasteiger partial charge < -0.3 is 0 Å². The van der Waals surface area contributed by atoms with Crippen molar-refractivity contribution >= 4 is 66.0 Å². The summed E-state index contributed by atoms with van der Waals surface area (Å²) in [5.41, 5.74) is 17.4. The van der Waals surface area contributed by atoms with E-state index in [0.717, 1.165) is 16.7 Å². The van der Waals surface area contributed by atoms with Crippen molar-refractivity contribution in [2.24, 2.45) is 0 Å². The summed E-state index contributed by atoms with van der Waals surface area (Å²) < 4.78 is 0. The molecule has 0 aromatic heterocycles. The molecule has 0 nitrogen and oxygen atoms in total. The van der Waals surface area contributed by atoms with Gasteiger partial charge in [-0.05, 0) is 138 Å². The smallest absolute Gasteiger partial charge is 0.0159 e. The Hall–Kier alpha value is -7.80. The van der Waals surface area contributed by atoms with E-state index >= 15 is 0 Å². The van der Waals surface area contributed by atoms with E-state index in [0.29, 0.717) is 0 Å². The molecule has 0 bridgehead atoms. The zero-order valence-corrected chi connectivity index (χ0v) is 35.5. The van der Waals surface area contributed by atoms with Crippen molar-refractivity contribution in [3.63, 3.8) is 0 Å². The van der Waals surface area contributed by atoms with Crippen molar-refractivity contribution in [2.45, 2.75) is 19.3 Å². The Kier molecular flexibility index (Phi) is 8.30. The molecule has 296 valence electrons. The maximum Gasteiger partial charge on any atom is 0.0159 e. The molecular weight excluding hydrogens is 757 g/mol. The van der Waals surface area contributed by atoms with Gasteiger partial charge in [-0.25, -0.2) is 0 Å². The van der Waals surface area contributed by atoms with Crippen LogP contribution in [0.15, 0.2) is 207 Å². The highest BCUT2D eigenvalue weighted by atomic mass is 14.4. The minimum absolute atomic E-state index is 0.143. The Morgan fingerprint density at radius 1 is 0.302 bits per heavy atom. The monoisotopic (exact) mass is 800 g/mol. The molecule has 0 heterocycles. The van der Waals surface area contributed by atoms with Gasteiger partial charge in [0.15, 0.2) is 0 Å². The summed E-state index contributed by atoms with van der Waals surface area (Å²) in [6, 6.07) is 72.3. The fourth-order valence-electron chi connectivity index (χ4n) is 11.3. The van der Waals surface area contributed by atoms with Crippen LogP contribution in [0.25, 0.3) is 122 Å². The molecule has 0 unspecified atom stereocenters. The normalized spacial score (nSPS) is 12.9. The van der Waals surface area contributed by atoms with Gasteiger partial charge >= 0.3 is 0 Å². The van der Waals surface area contributed by atoms with E-state index in [1.54, 1.807) is 0 Å². The molecule has 0 spiro atoms. The molecule has 0 atom stereocenters. The van der Waals surface area contributed by atoms with Gasteiger partial charge in [0.1, 0.15) is 0 Å². The molecule has 0 aliphatic heterocycles. The van der Waals surface area contributed by atoms with Gasteiger partial charge in [0.05, 0.1) is 0 Å². The van der Waals surface area contributed by atoms with Crippen LogP contribution in [0.1, 0.15) is 36.1 Å². The second kappa shape index (κ2) is 14.1. The molecule has 63 heavy (non-hydrogen) atoms. The second-order valence-corrected chi connectivity index (χ2v) is 17.5. The summed E-state index contributed by atoms with van der Waals surface area (Å²) in [7, 11) is 0. The average Bonchev–Trinajstić information content (AvgIpc) is 3.57. The van der Waals surface area contributed by atoms with Crippen molar-refractivity contribution < 1.29 is 0 Å². The number of benzene rings is 11. The fourth-order valence-corrected chi connectivity index (χ4v) is 11.3. The highest BCUT2D eigenvalue weighted by molar-refractivity contribution is 6.31. The molecule has 12 rings (SSSR count). The molecule has 0 radical (unpaired) electrons. The first-order valence-corrected chi connectivity index (χ1v) is 22.0. The van der Waals surface area contributed by atoms with Crippen LogP contribution in [0.4, 0.5) is 0 Å². The SMILES string of the molecule is C=Cc1cccc(-c2ccccc2-c2c3ccccc3c(-c3c4ccccc4c(-c4cc5c(c6ccccc46)-c4ccccc4C5(C)C)c4ccccc34)c3ccccc23)c1C=C. The first-order valence-electron chi connectivity index (χ1n) is 22.0. The molecule has 1 aliphatic rings. The van der Waals surface area contributed by atoms with E-state index < -0.39 is 0 Å². The summed E-state index contributed by atoms with van der Waals surface area (Å²) in [6.45, 7) is 13.2. The van der Waals surface area contributed by atoms with E-state index in [1.165, 1.54) is 115 Å². The zero-order chi connectivity index (χ0) is 42.4. The van der Waals surface area contributed by atoms with Crippen LogP contribution in [0.2, 0.25) is 0 Å². The zero-order valence-electron chi connectivity index (χ0n) is 35.5. The lowest BCUT2D eigenvalue weighted by Gasteiger charge is -2.25. The molecule has 1 aliphatic carbocycles. The predicted octanol–water partition coefficient (Wildman–Crippen LogP) is 17.7. The van der Waals surface area contributed by atoms with Crippen LogP contribution in [0, 0.1) is 0 Å². The van der Waals surface area contributed by atoms with Crippen molar-refractivity contribution in [3.05, 3.63) is 230 Å². The second-order valence-electron chi connectivity index (χ2n) is 17.5. The summed E-state index contributed by atoms with van der Waals surface area (Å²) in [4.78, 5) is 0. The number of fused-ring (bicyclic) bond motifs is 9. The summed E-state index contributed by atoms with van der Waals surface area (Å²) in [6.07, 6.45) is 3.89. The Morgan fingerprint density at radius 3 is 1.17 bits per heavy atom. The molecule has 11 aromatic carbocycles. The van der Waals surface area contributed by atoms with E-state index in [1.807, 2.05) is 12.2 Å². The highest BCUT2D eigenvalue weighted by Crippen LogP contribution is 2.56. The van der Waals surface area contributed by atoms with Crippen molar-refractivity contribution in [1.82, 2.24) is 0 Å². The third-order valence-electron chi connectivity index (χ3n) is 14.0. The van der Waals surface area contributed by atoms with Crippen LogP contribution in [0.5, 0.6) is 0 Å². The van der Waals surface area contributed by atoms with Crippen molar-refractivity contribution in [3.8, 4) is 55.6 Å². The lowest BCUT2D eigenvalue weighted by Crippen LogP contribution is -2.15. The number of hydrogen-bond acceptors (Lipinski definition) is 0. The van der Waals surface area contributed by atoms with Gasteiger partial charge in [-0.1, -0.05) is 227 Å². The maximum absolute atomic E-state index is 4.25. The van der Waals surface area contributed by atoms with E-state index in [4.69, 9.17) is 0 Å². The van der Waals surface area contributed by atoms with Gasteiger partial charge in [0, 0.05) is 5.41 Å². The molecule has 0 N–H and O–H groups in total. The third-order valence-corrected chi connectivity index (χ3v) is 14.0. The lowest BCUT2D eigenvalue weighted by molar-refractivity contribution is 0.661. The van der Waals surface area contributed by atoms with Crippen LogP contribution in [-0.2, 0) is 5.41 Å². The standard InChI is InChI=1S/C63H44/c1-5-39-22-21-36-41(40(39)6-2)42-23-7-9-25-44(42)58-46-27-11-15-31-50(46)61(51-32-16-12-28-47(51)58)62-52-33-17-13-29-48(52)59(49-30-14-18-34-53(49)62)55-38-57-60(45-26-10-8-24-43(45)55)54-35-19-20-37-56(54)63(57,3)4/h5-38H,1-2H2,3-4H3. The first-order chi connectivity index (χ1) is 31.0. The minimum Gasteiger partial charge on any atom is -0.0984 e. The molecule has 11 aromatic rings. The summed E-state index contributed by atoms with van der Waals surface area (Å²) in [5, 5.41) is 12.5. The van der Waals surface area contributed by atoms with E-state index in [2.05, 4.69) is 221 Å². The molecule has 0 saturated carbocycles. The Labute approximate surface area is 368 Å². The van der Waals surface area contributed by atoms with Gasteiger partial charge in [-0.3, -0.25) is 0 Å². The molecular formula is C63H44. The number of rotatable bonds is 6. The van der Waals surface area contributed by atoms with Crippen LogP contribution >= 0.6 is 0 Å². The number of hydrogen-bond donors (Lipinski definition) is 0. The highest BCUT2D eigenvalue weighted by Gasteiger charge is 2.37. The lowest BCUT2D eigenvalue weighted by atomic mass is 9.78. The van der Waals surface area contributed by atoms with Gasteiger partial charge in [-0.15, -0.1) is 0 Å². The van der Waals surface area contributed by atoms with Crippen molar-refractivity contribution in [2.75, 3.05) is 0 Å². The van der Waals surface area contributed by atoms with Crippen LogP contribution in [0.3, 0.4) is 0 Å².